The first kappa shape index (κ1) is 14.1. The molecule has 6 nitrogen and oxygen atoms in total. The summed E-state index contributed by atoms with van der Waals surface area (Å²) >= 11 is 0. The van der Waals surface area contributed by atoms with E-state index in [1.807, 2.05) is 0 Å². The molecule has 0 saturated heterocycles. The second-order valence-electron chi connectivity index (χ2n) is 4.90. The average Bonchev–Trinajstić information content (AvgIpc) is 2.87. The molecule has 0 amide bonds. The topological polar surface area (TPSA) is 102 Å². The van der Waals surface area contributed by atoms with Gasteiger partial charge in [-0.3, -0.25) is 0 Å². The Morgan fingerprint density at radius 1 is 1.37 bits per heavy atom. The number of H-pyrrole nitrogens is 1. The van der Waals surface area contributed by atoms with Gasteiger partial charge < -0.3 is 9.72 Å². The van der Waals surface area contributed by atoms with Crippen molar-refractivity contribution in [3.8, 4) is 0 Å². The fourth-order valence-electron chi connectivity index (χ4n) is 2.28. The number of aromatic nitrogens is 1. The van der Waals surface area contributed by atoms with Gasteiger partial charge in [0.05, 0.1) is 6.61 Å². The van der Waals surface area contributed by atoms with E-state index in [2.05, 4.69) is 4.98 Å². The van der Waals surface area contributed by atoms with Gasteiger partial charge in [-0.15, -0.1) is 0 Å². The van der Waals surface area contributed by atoms with E-state index < -0.39 is 16.0 Å². The first-order valence-corrected chi connectivity index (χ1v) is 7.90. The summed E-state index contributed by atoms with van der Waals surface area (Å²) < 4.78 is 27.3. The van der Waals surface area contributed by atoms with Crippen LogP contribution in [-0.2, 0) is 14.8 Å². The quantitative estimate of drug-likeness (QED) is 0.816. The second kappa shape index (κ2) is 5.75. The SMILES string of the molecule is NS(=O)(=O)c1c[nH]c(C(=O)OCC2CCCCC2)c1. The fraction of sp³-hybridized carbons (Fsp3) is 0.583. The van der Waals surface area contributed by atoms with Crippen molar-refractivity contribution in [1.82, 2.24) is 4.98 Å². The predicted octanol–water partition coefficient (Wildman–Crippen LogP) is 1.40. The molecule has 0 aromatic carbocycles. The molecule has 0 unspecified atom stereocenters. The lowest BCUT2D eigenvalue weighted by molar-refractivity contribution is 0.0404. The highest BCUT2D eigenvalue weighted by Gasteiger charge is 2.18. The van der Waals surface area contributed by atoms with Gasteiger partial charge in [-0.05, 0) is 24.8 Å². The van der Waals surface area contributed by atoms with E-state index in [9.17, 15) is 13.2 Å². The van der Waals surface area contributed by atoms with Crippen LogP contribution in [0.2, 0.25) is 0 Å². The molecule has 1 aliphatic carbocycles. The molecule has 1 aromatic rings. The van der Waals surface area contributed by atoms with E-state index in [0.717, 1.165) is 12.8 Å². The number of ether oxygens (including phenoxy) is 1. The van der Waals surface area contributed by atoms with Crippen LogP contribution in [0.3, 0.4) is 0 Å². The molecule has 7 heteroatoms. The summed E-state index contributed by atoms with van der Waals surface area (Å²) in [5, 5.41) is 4.96. The van der Waals surface area contributed by atoms with Crippen molar-refractivity contribution in [3.05, 3.63) is 18.0 Å². The van der Waals surface area contributed by atoms with Crippen molar-refractivity contribution in [2.24, 2.45) is 11.1 Å². The summed E-state index contributed by atoms with van der Waals surface area (Å²) in [5.41, 5.74) is 0.111. The number of carbonyl (C=O) groups is 1. The lowest BCUT2D eigenvalue weighted by Crippen LogP contribution is -2.17. The number of aromatic amines is 1. The van der Waals surface area contributed by atoms with Gasteiger partial charge in [0, 0.05) is 6.20 Å². The van der Waals surface area contributed by atoms with E-state index >= 15 is 0 Å². The number of carbonyl (C=O) groups excluding carboxylic acids is 1. The number of rotatable bonds is 4. The maximum atomic E-state index is 11.7. The third kappa shape index (κ3) is 3.81. The molecule has 1 fully saturated rings. The number of nitrogens with one attached hydrogen (secondary N) is 1. The molecular formula is C12H18N2O4S. The molecule has 1 saturated carbocycles. The van der Waals surface area contributed by atoms with Gasteiger partial charge in [0.15, 0.2) is 0 Å². The van der Waals surface area contributed by atoms with Crippen LogP contribution in [0.1, 0.15) is 42.6 Å². The minimum absolute atomic E-state index is 0.111. The molecule has 0 bridgehead atoms. The summed E-state index contributed by atoms with van der Waals surface area (Å²) in [6.45, 7) is 0.391. The van der Waals surface area contributed by atoms with E-state index in [-0.39, 0.29) is 10.6 Å². The number of esters is 1. The third-order valence-electron chi connectivity index (χ3n) is 3.38. The molecule has 0 radical (unpaired) electrons. The highest BCUT2D eigenvalue weighted by Crippen LogP contribution is 2.24. The number of sulfonamides is 1. The normalized spacial score (nSPS) is 17.3. The Labute approximate surface area is 112 Å². The van der Waals surface area contributed by atoms with Crippen LogP contribution in [0.25, 0.3) is 0 Å². The highest BCUT2D eigenvalue weighted by atomic mass is 32.2. The van der Waals surface area contributed by atoms with Gasteiger partial charge in [-0.25, -0.2) is 18.4 Å². The Morgan fingerprint density at radius 2 is 2.05 bits per heavy atom. The van der Waals surface area contributed by atoms with Crippen LogP contribution in [-0.4, -0.2) is 26.0 Å². The van der Waals surface area contributed by atoms with Crippen LogP contribution in [0.4, 0.5) is 0 Å². The molecule has 2 rings (SSSR count). The van der Waals surface area contributed by atoms with Crippen LogP contribution in [0.15, 0.2) is 17.2 Å². The van der Waals surface area contributed by atoms with Crippen molar-refractivity contribution in [2.75, 3.05) is 6.61 Å². The molecule has 3 N–H and O–H groups in total. The van der Waals surface area contributed by atoms with Gasteiger partial charge in [-0.2, -0.15) is 0 Å². The smallest absolute Gasteiger partial charge is 0.354 e. The highest BCUT2D eigenvalue weighted by molar-refractivity contribution is 7.89. The van der Waals surface area contributed by atoms with Gasteiger partial charge >= 0.3 is 5.97 Å². The van der Waals surface area contributed by atoms with Crippen molar-refractivity contribution in [2.45, 2.75) is 37.0 Å². The van der Waals surface area contributed by atoms with Crippen molar-refractivity contribution in [1.29, 1.82) is 0 Å². The fourth-order valence-corrected chi connectivity index (χ4v) is 2.79. The van der Waals surface area contributed by atoms with Gasteiger partial charge in [0.1, 0.15) is 10.6 Å². The van der Waals surface area contributed by atoms with Crippen LogP contribution < -0.4 is 5.14 Å². The molecule has 0 aliphatic heterocycles. The summed E-state index contributed by atoms with van der Waals surface area (Å²) in [4.78, 5) is 14.2. The molecule has 1 aliphatic rings. The van der Waals surface area contributed by atoms with Gasteiger partial charge in [0.25, 0.3) is 0 Å². The minimum atomic E-state index is -3.79. The first-order valence-electron chi connectivity index (χ1n) is 6.35. The third-order valence-corrected chi connectivity index (χ3v) is 4.27. The summed E-state index contributed by atoms with van der Waals surface area (Å²) in [5.74, 6) is -0.120. The number of nitrogens with two attached hydrogens (primary N) is 1. The molecule has 19 heavy (non-hydrogen) atoms. The van der Waals surface area contributed by atoms with E-state index in [1.165, 1.54) is 31.5 Å². The molecular weight excluding hydrogens is 268 g/mol. The molecule has 0 spiro atoms. The predicted molar refractivity (Wildman–Crippen MR) is 69.0 cm³/mol. The average molecular weight is 286 g/mol. The maximum absolute atomic E-state index is 11.7. The summed E-state index contributed by atoms with van der Waals surface area (Å²) in [7, 11) is -3.79. The Bertz CT molecular complexity index is 544. The number of hydrogen-bond acceptors (Lipinski definition) is 4. The van der Waals surface area contributed by atoms with Crippen LogP contribution in [0.5, 0.6) is 0 Å². The number of hydrogen-bond donors (Lipinski definition) is 2. The molecule has 0 atom stereocenters. The Hall–Kier alpha value is -1.34. The largest absolute Gasteiger partial charge is 0.461 e. The zero-order valence-corrected chi connectivity index (χ0v) is 11.4. The zero-order valence-electron chi connectivity index (χ0n) is 10.6. The maximum Gasteiger partial charge on any atom is 0.354 e. The number of primary sulfonamides is 1. The molecule has 1 aromatic heterocycles. The van der Waals surface area contributed by atoms with Crippen LogP contribution >= 0.6 is 0 Å². The van der Waals surface area contributed by atoms with Gasteiger partial charge in [0.2, 0.25) is 10.0 Å². The molecule has 1 heterocycles. The van der Waals surface area contributed by atoms with Crippen molar-refractivity contribution >= 4 is 16.0 Å². The summed E-state index contributed by atoms with van der Waals surface area (Å²) in [6, 6.07) is 1.19. The minimum Gasteiger partial charge on any atom is -0.461 e. The Kier molecular flexibility index (Phi) is 4.26. The first-order chi connectivity index (χ1) is 8.97. The monoisotopic (exact) mass is 286 g/mol. The Morgan fingerprint density at radius 3 is 2.63 bits per heavy atom. The van der Waals surface area contributed by atoms with Crippen LogP contribution in [0, 0.1) is 5.92 Å². The lowest BCUT2D eigenvalue weighted by Gasteiger charge is -2.20. The van der Waals surface area contributed by atoms with E-state index in [1.54, 1.807) is 0 Å². The second-order valence-corrected chi connectivity index (χ2v) is 6.46. The Balaban J connectivity index is 1.91. The van der Waals surface area contributed by atoms with E-state index in [4.69, 9.17) is 9.88 Å². The van der Waals surface area contributed by atoms with Gasteiger partial charge in [-0.1, -0.05) is 19.3 Å². The molecule has 106 valence electrons. The van der Waals surface area contributed by atoms with E-state index in [0.29, 0.717) is 12.5 Å². The van der Waals surface area contributed by atoms with Crippen molar-refractivity contribution < 1.29 is 17.9 Å². The summed E-state index contributed by atoms with van der Waals surface area (Å²) in [6.07, 6.45) is 6.97. The standard InChI is InChI=1S/C12H18N2O4S/c13-19(16,17)10-6-11(14-7-10)12(15)18-8-9-4-2-1-3-5-9/h6-7,9,14H,1-5,8H2,(H2,13,16,17). The van der Waals surface area contributed by atoms with Crippen molar-refractivity contribution in [3.63, 3.8) is 0 Å². The zero-order chi connectivity index (χ0) is 13.9. The lowest BCUT2D eigenvalue weighted by atomic mass is 9.90.